The van der Waals surface area contributed by atoms with Gasteiger partial charge in [0.25, 0.3) is 5.91 Å². The minimum absolute atomic E-state index is 0.254. The predicted octanol–water partition coefficient (Wildman–Crippen LogP) is 5.64. The van der Waals surface area contributed by atoms with Gasteiger partial charge in [0.05, 0.1) is 20.7 Å². The average Bonchev–Trinajstić information content (AvgIpc) is 3.05. The topological polar surface area (TPSA) is 59.3 Å². The summed E-state index contributed by atoms with van der Waals surface area (Å²) < 4.78 is 6.97. The van der Waals surface area contributed by atoms with Crippen molar-refractivity contribution in [2.45, 2.75) is 13.8 Å². The molecule has 0 fully saturated rings. The number of rotatable bonds is 2. The summed E-state index contributed by atoms with van der Waals surface area (Å²) >= 11 is 4.76. The van der Waals surface area contributed by atoms with Crippen LogP contribution in [-0.2, 0) is 0 Å². The highest BCUT2D eigenvalue weighted by atomic mass is 79.9. The fraction of sp³-hybridized carbons (Fsp3) is 0.100. The fourth-order valence-electron chi connectivity index (χ4n) is 2.83. The molecule has 130 valence electrons. The first-order chi connectivity index (χ1) is 12.4. The molecule has 0 aliphatic rings. The van der Waals surface area contributed by atoms with Crippen molar-refractivity contribution in [1.29, 1.82) is 0 Å². The van der Waals surface area contributed by atoms with Gasteiger partial charge in [0, 0.05) is 9.86 Å². The lowest BCUT2D eigenvalue weighted by Crippen LogP contribution is -2.10. The molecule has 0 atom stereocenters. The molecule has 2 aromatic carbocycles. The predicted molar refractivity (Wildman–Crippen MR) is 109 cm³/mol. The number of carbonyl (C=O) groups excluding carboxylic acids is 1. The van der Waals surface area contributed by atoms with Crippen LogP contribution in [-0.4, -0.2) is 5.91 Å². The lowest BCUT2D eigenvalue weighted by molar-refractivity contribution is 0.103. The third-order valence-corrected chi connectivity index (χ3v) is 5.95. The number of hydrogen-bond donors (Lipinski definition) is 1. The highest BCUT2D eigenvalue weighted by molar-refractivity contribution is 9.10. The van der Waals surface area contributed by atoms with Crippen molar-refractivity contribution >= 4 is 59.9 Å². The molecule has 6 heteroatoms. The van der Waals surface area contributed by atoms with Gasteiger partial charge in [-0.2, -0.15) is 0 Å². The molecule has 0 spiro atoms. The van der Waals surface area contributed by atoms with Crippen LogP contribution in [0.4, 0.5) is 5.69 Å². The zero-order valence-electron chi connectivity index (χ0n) is 14.1. The molecule has 2 aromatic heterocycles. The normalized spacial score (nSPS) is 11.2. The van der Waals surface area contributed by atoms with Crippen LogP contribution in [0.1, 0.15) is 20.8 Å². The number of carbonyl (C=O) groups is 1. The van der Waals surface area contributed by atoms with Crippen molar-refractivity contribution in [3.63, 3.8) is 0 Å². The van der Waals surface area contributed by atoms with E-state index < -0.39 is 5.63 Å². The molecule has 26 heavy (non-hydrogen) atoms. The Morgan fingerprint density at radius 1 is 1.04 bits per heavy atom. The van der Waals surface area contributed by atoms with E-state index in [-0.39, 0.29) is 5.91 Å². The van der Waals surface area contributed by atoms with E-state index in [4.69, 9.17) is 4.42 Å². The highest BCUT2D eigenvalue weighted by Gasteiger charge is 2.17. The molecule has 0 saturated carbocycles. The maximum Gasteiger partial charge on any atom is 0.345 e. The Hall–Kier alpha value is -2.44. The summed E-state index contributed by atoms with van der Waals surface area (Å²) in [6.07, 6.45) is 0. The van der Waals surface area contributed by atoms with Crippen molar-refractivity contribution < 1.29 is 9.21 Å². The number of benzene rings is 2. The molecule has 0 radical (unpaired) electrons. The molecule has 1 amide bonds. The fourth-order valence-corrected chi connectivity index (χ4v) is 4.48. The lowest BCUT2D eigenvalue weighted by atomic mass is 10.1. The van der Waals surface area contributed by atoms with Crippen LogP contribution in [0.3, 0.4) is 0 Å². The van der Waals surface area contributed by atoms with Crippen molar-refractivity contribution in [1.82, 2.24) is 0 Å². The first kappa shape index (κ1) is 17.0. The van der Waals surface area contributed by atoms with Crippen LogP contribution in [0.15, 0.2) is 56.1 Å². The van der Waals surface area contributed by atoms with Gasteiger partial charge in [-0.05, 0) is 65.7 Å². The Balaban J connectivity index is 1.80. The summed E-state index contributed by atoms with van der Waals surface area (Å²) in [5, 5.41) is 4.16. The summed E-state index contributed by atoms with van der Waals surface area (Å²) in [5.74, 6) is -0.254. The minimum atomic E-state index is -0.428. The van der Waals surface area contributed by atoms with Crippen molar-refractivity contribution in [3.8, 4) is 0 Å². The molecular weight excluding hydrogens is 414 g/mol. The van der Waals surface area contributed by atoms with Gasteiger partial charge in [0.1, 0.15) is 5.58 Å². The zero-order chi connectivity index (χ0) is 18.4. The molecule has 0 aliphatic carbocycles. The second-order valence-electron chi connectivity index (χ2n) is 6.18. The van der Waals surface area contributed by atoms with Gasteiger partial charge < -0.3 is 9.73 Å². The molecule has 2 heterocycles. The number of halogens is 1. The molecule has 1 N–H and O–H groups in total. The maximum absolute atomic E-state index is 12.7. The average molecular weight is 428 g/mol. The smallest absolute Gasteiger partial charge is 0.345 e. The van der Waals surface area contributed by atoms with Gasteiger partial charge in [-0.15, -0.1) is 11.3 Å². The van der Waals surface area contributed by atoms with E-state index in [2.05, 4.69) is 21.2 Å². The number of fused-ring (bicyclic) bond motifs is 3. The molecule has 0 unspecified atom stereocenters. The standard InChI is InChI=1S/C20H14BrNO3S/c1-10-4-6-16-12(7-10)18-13(20(24)25-16)9-17(26-18)19(23)22-15-5-3-11(2)8-14(15)21/h3-9H,1-2H3,(H,22,23). The van der Waals surface area contributed by atoms with Gasteiger partial charge in [-0.1, -0.05) is 17.7 Å². The van der Waals surface area contributed by atoms with Crippen LogP contribution in [0.5, 0.6) is 0 Å². The second-order valence-corrected chi connectivity index (χ2v) is 8.09. The van der Waals surface area contributed by atoms with Crippen LogP contribution >= 0.6 is 27.3 Å². The summed E-state index contributed by atoms with van der Waals surface area (Å²) in [4.78, 5) is 25.4. The number of nitrogens with one attached hydrogen (secondary N) is 1. The Morgan fingerprint density at radius 3 is 2.54 bits per heavy atom. The van der Waals surface area contributed by atoms with Crippen molar-refractivity contribution in [2.24, 2.45) is 0 Å². The third kappa shape index (κ3) is 2.95. The number of hydrogen-bond acceptors (Lipinski definition) is 4. The third-order valence-electron chi connectivity index (χ3n) is 4.13. The minimum Gasteiger partial charge on any atom is -0.422 e. The number of aryl methyl sites for hydroxylation is 2. The van der Waals surface area contributed by atoms with Gasteiger partial charge in [-0.3, -0.25) is 4.79 Å². The molecule has 4 nitrogen and oxygen atoms in total. The highest BCUT2D eigenvalue weighted by Crippen LogP contribution is 2.32. The second kappa shape index (κ2) is 6.37. The molecule has 0 saturated heterocycles. The van der Waals surface area contributed by atoms with Crippen LogP contribution in [0.25, 0.3) is 21.1 Å². The largest absolute Gasteiger partial charge is 0.422 e. The number of amides is 1. The van der Waals surface area contributed by atoms with E-state index >= 15 is 0 Å². The summed E-state index contributed by atoms with van der Waals surface area (Å²) in [6.45, 7) is 3.96. The van der Waals surface area contributed by atoms with E-state index in [0.717, 1.165) is 25.7 Å². The van der Waals surface area contributed by atoms with Crippen LogP contribution < -0.4 is 10.9 Å². The van der Waals surface area contributed by atoms with Crippen molar-refractivity contribution in [2.75, 3.05) is 5.32 Å². The van der Waals surface area contributed by atoms with Gasteiger partial charge in [0.2, 0.25) is 0 Å². The van der Waals surface area contributed by atoms with Gasteiger partial charge in [-0.25, -0.2) is 4.79 Å². The number of thiophene rings is 1. The summed E-state index contributed by atoms with van der Waals surface area (Å²) in [5.41, 5.74) is 2.95. The Kier molecular flexibility index (Phi) is 4.17. The maximum atomic E-state index is 12.7. The monoisotopic (exact) mass is 427 g/mol. The van der Waals surface area contributed by atoms with E-state index in [9.17, 15) is 9.59 Å². The summed E-state index contributed by atoms with van der Waals surface area (Å²) in [7, 11) is 0. The molecule has 0 aliphatic heterocycles. The van der Waals surface area contributed by atoms with E-state index in [1.165, 1.54) is 11.3 Å². The van der Waals surface area contributed by atoms with Gasteiger partial charge in [0.15, 0.2) is 0 Å². The molecule has 4 aromatic rings. The first-order valence-electron chi connectivity index (χ1n) is 7.97. The first-order valence-corrected chi connectivity index (χ1v) is 9.58. The zero-order valence-corrected chi connectivity index (χ0v) is 16.5. The molecule has 4 rings (SSSR count). The van der Waals surface area contributed by atoms with Crippen LogP contribution in [0, 0.1) is 13.8 Å². The number of anilines is 1. The van der Waals surface area contributed by atoms with E-state index in [1.54, 1.807) is 12.1 Å². The Morgan fingerprint density at radius 2 is 1.77 bits per heavy atom. The lowest BCUT2D eigenvalue weighted by Gasteiger charge is -2.06. The van der Waals surface area contributed by atoms with Crippen LogP contribution in [0.2, 0.25) is 0 Å². The molecule has 0 bridgehead atoms. The van der Waals surface area contributed by atoms with Gasteiger partial charge >= 0.3 is 5.63 Å². The van der Waals surface area contributed by atoms with Crippen molar-refractivity contribution in [3.05, 3.63) is 73.4 Å². The summed E-state index contributed by atoms with van der Waals surface area (Å²) in [6, 6.07) is 13.0. The van der Waals surface area contributed by atoms with E-state index in [0.29, 0.717) is 21.5 Å². The Labute approximate surface area is 161 Å². The quantitative estimate of drug-likeness (QED) is 0.421. The SMILES string of the molecule is Cc1ccc(NC(=O)c2cc3c(=O)oc4ccc(C)cc4c3s2)c(Br)c1. The Bertz CT molecular complexity index is 1240. The van der Waals surface area contributed by atoms with E-state index in [1.807, 2.05) is 44.2 Å². The molecular formula is C20H14BrNO3S.